The van der Waals surface area contributed by atoms with Crippen molar-refractivity contribution < 1.29 is 9.90 Å². The second-order valence-corrected chi connectivity index (χ2v) is 5.88. The molecule has 21 heavy (non-hydrogen) atoms. The number of likely N-dealkylation sites (tertiary alicyclic amines) is 1. The number of hydrogen-bond acceptors (Lipinski definition) is 2. The molecule has 3 rings (SSSR count). The molecule has 1 aromatic heterocycles. The third-order valence-electron chi connectivity index (χ3n) is 4.66. The molecule has 0 radical (unpaired) electrons. The molecule has 1 unspecified atom stereocenters. The van der Waals surface area contributed by atoms with Gasteiger partial charge in [0.25, 0.3) is 0 Å². The van der Waals surface area contributed by atoms with E-state index >= 15 is 0 Å². The number of piperidine rings is 1. The van der Waals surface area contributed by atoms with Gasteiger partial charge in [0.2, 0.25) is 0 Å². The average molecular weight is 286 g/mol. The first-order valence-electron chi connectivity index (χ1n) is 7.68. The van der Waals surface area contributed by atoms with Crippen molar-refractivity contribution in [2.75, 3.05) is 13.1 Å². The molecular weight excluding hydrogens is 264 g/mol. The average Bonchev–Trinajstić information content (AvgIpc) is 2.79. The molecule has 1 aliphatic rings. The Labute approximate surface area is 125 Å². The van der Waals surface area contributed by atoms with Crippen LogP contribution in [0.4, 0.5) is 0 Å². The molecule has 2 heterocycles. The number of nitrogens with zero attached hydrogens (tertiary/aromatic N) is 2. The number of aromatic carboxylic acids is 1. The first-order valence-corrected chi connectivity index (χ1v) is 7.68. The third kappa shape index (κ3) is 2.33. The minimum absolute atomic E-state index is 0.197. The summed E-state index contributed by atoms with van der Waals surface area (Å²) in [6.07, 6.45) is 3.96. The van der Waals surface area contributed by atoms with E-state index in [-0.39, 0.29) is 6.17 Å². The molecule has 1 aromatic carbocycles. The van der Waals surface area contributed by atoms with E-state index in [4.69, 9.17) is 0 Å². The number of rotatable bonds is 3. The molecule has 0 amide bonds. The zero-order chi connectivity index (χ0) is 15.0. The largest absolute Gasteiger partial charge is 0.478 e. The minimum Gasteiger partial charge on any atom is -0.478 e. The van der Waals surface area contributed by atoms with E-state index in [2.05, 4.69) is 16.4 Å². The van der Waals surface area contributed by atoms with E-state index in [1.165, 1.54) is 19.3 Å². The van der Waals surface area contributed by atoms with Gasteiger partial charge in [-0.1, -0.05) is 24.6 Å². The fraction of sp³-hybridized carbons (Fsp3) is 0.471. The molecule has 1 atom stereocenters. The zero-order valence-electron chi connectivity index (χ0n) is 12.7. The third-order valence-corrected chi connectivity index (χ3v) is 4.66. The van der Waals surface area contributed by atoms with E-state index in [9.17, 15) is 9.90 Å². The summed E-state index contributed by atoms with van der Waals surface area (Å²) < 4.78 is 2.18. The first kappa shape index (κ1) is 14.1. The fourth-order valence-corrected chi connectivity index (χ4v) is 3.60. The van der Waals surface area contributed by atoms with Gasteiger partial charge in [-0.2, -0.15) is 0 Å². The molecule has 0 bridgehead atoms. The lowest BCUT2D eigenvalue weighted by molar-refractivity contribution is 0.0696. The maximum atomic E-state index is 11.6. The number of carboxylic acids is 1. The molecule has 1 aliphatic heterocycles. The summed E-state index contributed by atoms with van der Waals surface area (Å²) in [6, 6.07) is 7.82. The van der Waals surface area contributed by atoms with Crippen LogP contribution in [0.25, 0.3) is 10.9 Å². The molecule has 4 heteroatoms. The van der Waals surface area contributed by atoms with E-state index in [1.807, 2.05) is 31.2 Å². The summed E-state index contributed by atoms with van der Waals surface area (Å²) in [6.45, 7) is 6.28. The maximum Gasteiger partial charge on any atom is 0.338 e. The lowest BCUT2D eigenvalue weighted by atomic mass is 10.1. The highest BCUT2D eigenvalue weighted by Crippen LogP contribution is 2.31. The van der Waals surface area contributed by atoms with Crippen molar-refractivity contribution in [2.24, 2.45) is 0 Å². The lowest BCUT2D eigenvalue weighted by Crippen LogP contribution is -2.35. The number of carboxylic acid groups (broad SMARTS) is 1. The highest BCUT2D eigenvalue weighted by molar-refractivity contribution is 6.05. The molecule has 0 saturated carbocycles. The van der Waals surface area contributed by atoms with Crippen LogP contribution in [0.15, 0.2) is 24.3 Å². The summed E-state index contributed by atoms with van der Waals surface area (Å²) in [7, 11) is 0. The van der Waals surface area contributed by atoms with Crippen LogP contribution in [0.3, 0.4) is 0 Å². The summed E-state index contributed by atoms with van der Waals surface area (Å²) in [5.41, 5.74) is 2.31. The van der Waals surface area contributed by atoms with Crippen LogP contribution in [0.2, 0.25) is 0 Å². The Morgan fingerprint density at radius 3 is 2.52 bits per heavy atom. The van der Waals surface area contributed by atoms with Gasteiger partial charge in [0.05, 0.1) is 17.2 Å². The Kier molecular flexibility index (Phi) is 3.72. The number of carbonyl (C=O) groups is 1. The molecule has 2 aromatic rings. The highest BCUT2D eigenvalue weighted by Gasteiger charge is 2.25. The van der Waals surface area contributed by atoms with Crippen LogP contribution in [-0.4, -0.2) is 33.6 Å². The van der Waals surface area contributed by atoms with Crippen molar-refractivity contribution in [1.82, 2.24) is 9.47 Å². The fourth-order valence-electron chi connectivity index (χ4n) is 3.60. The quantitative estimate of drug-likeness (QED) is 0.936. The molecule has 0 aliphatic carbocycles. The van der Waals surface area contributed by atoms with Gasteiger partial charge in [0, 0.05) is 24.2 Å². The number of para-hydroxylation sites is 1. The Hall–Kier alpha value is -1.81. The minimum atomic E-state index is -0.840. The smallest absolute Gasteiger partial charge is 0.338 e. The number of aromatic nitrogens is 1. The standard InChI is InChI=1S/C17H22N2O2/c1-12-16(17(20)21)14-8-4-5-9-15(14)19(12)13(2)18-10-6-3-7-11-18/h4-5,8-9,13H,3,6-7,10-11H2,1-2H3,(H,20,21). The van der Waals surface area contributed by atoms with Crippen molar-refractivity contribution in [3.8, 4) is 0 Å². The van der Waals surface area contributed by atoms with E-state index in [0.717, 1.165) is 29.7 Å². The Bertz CT molecular complexity index is 669. The number of fused-ring (bicyclic) bond motifs is 1. The topological polar surface area (TPSA) is 45.5 Å². The molecule has 1 saturated heterocycles. The monoisotopic (exact) mass is 286 g/mol. The number of hydrogen-bond donors (Lipinski definition) is 1. The van der Waals surface area contributed by atoms with Crippen LogP contribution in [0.1, 0.15) is 48.4 Å². The van der Waals surface area contributed by atoms with Gasteiger partial charge in [-0.15, -0.1) is 0 Å². The van der Waals surface area contributed by atoms with Crippen molar-refractivity contribution in [3.63, 3.8) is 0 Å². The lowest BCUT2D eigenvalue weighted by Gasteiger charge is -2.34. The van der Waals surface area contributed by atoms with Crippen molar-refractivity contribution in [2.45, 2.75) is 39.3 Å². The Morgan fingerprint density at radius 2 is 1.86 bits per heavy atom. The molecule has 1 N–H and O–H groups in total. The SMILES string of the molecule is Cc1c(C(=O)O)c2ccccc2n1C(C)N1CCCCC1. The summed E-state index contributed by atoms with van der Waals surface area (Å²) in [4.78, 5) is 14.1. The van der Waals surface area contributed by atoms with Crippen LogP contribution in [0, 0.1) is 6.92 Å². The van der Waals surface area contributed by atoms with E-state index in [0.29, 0.717) is 5.56 Å². The predicted molar refractivity (Wildman–Crippen MR) is 83.8 cm³/mol. The molecule has 1 fully saturated rings. The Morgan fingerprint density at radius 1 is 1.19 bits per heavy atom. The second kappa shape index (κ2) is 5.53. The van der Waals surface area contributed by atoms with Crippen molar-refractivity contribution in [3.05, 3.63) is 35.5 Å². The van der Waals surface area contributed by atoms with Crippen molar-refractivity contribution in [1.29, 1.82) is 0 Å². The van der Waals surface area contributed by atoms with E-state index < -0.39 is 5.97 Å². The van der Waals surface area contributed by atoms with Crippen LogP contribution < -0.4 is 0 Å². The molecule has 112 valence electrons. The Balaban J connectivity index is 2.13. The van der Waals surface area contributed by atoms with Gasteiger partial charge in [0.1, 0.15) is 0 Å². The zero-order valence-corrected chi connectivity index (χ0v) is 12.7. The summed E-state index contributed by atoms with van der Waals surface area (Å²) >= 11 is 0. The maximum absolute atomic E-state index is 11.6. The van der Waals surface area contributed by atoms with Gasteiger partial charge in [0.15, 0.2) is 0 Å². The summed E-state index contributed by atoms with van der Waals surface area (Å²) in [5.74, 6) is -0.840. The second-order valence-electron chi connectivity index (χ2n) is 5.88. The predicted octanol–water partition coefficient (Wildman–Crippen LogP) is 3.65. The van der Waals surface area contributed by atoms with Gasteiger partial charge >= 0.3 is 5.97 Å². The normalized spacial score (nSPS) is 18.0. The van der Waals surface area contributed by atoms with Gasteiger partial charge in [-0.3, -0.25) is 4.90 Å². The van der Waals surface area contributed by atoms with Gasteiger partial charge < -0.3 is 9.67 Å². The first-order chi connectivity index (χ1) is 10.1. The van der Waals surface area contributed by atoms with Crippen LogP contribution in [0.5, 0.6) is 0 Å². The van der Waals surface area contributed by atoms with E-state index in [1.54, 1.807) is 0 Å². The van der Waals surface area contributed by atoms with Gasteiger partial charge in [-0.25, -0.2) is 4.79 Å². The summed E-state index contributed by atoms with van der Waals surface area (Å²) in [5, 5.41) is 10.4. The molecular formula is C17H22N2O2. The van der Waals surface area contributed by atoms with Crippen LogP contribution >= 0.6 is 0 Å². The molecule has 4 nitrogen and oxygen atoms in total. The number of benzene rings is 1. The van der Waals surface area contributed by atoms with Gasteiger partial charge in [-0.05, 0) is 32.8 Å². The van der Waals surface area contributed by atoms with Crippen LogP contribution in [-0.2, 0) is 0 Å². The van der Waals surface area contributed by atoms with Crippen molar-refractivity contribution >= 4 is 16.9 Å². The highest BCUT2D eigenvalue weighted by atomic mass is 16.4. The molecule has 0 spiro atoms.